The first-order valence-electron chi connectivity index (χ1n) is 13.6. The summed E-state index contributed by atoms with van der Waals surface area (Å²) in [7, 11) is -0.716. The van der Waals surface area contributed by atoms with Gasteiger partial charge in [0.2, 0.25) is 0 Å². The number of hydrogen-bond acceptors (Lipinski definition) is 5. The van der Waals surface area contributed by atoms with Crippen molar-refractivity contribution < 1.29 is 27.8 Å². The quantitative estimate of drug-likeness (QED) is 0.190. The number of benzene rings is 3. The van der Waals surface area contributed by atoms with Crippen LogP contribution in [0.5, 0.6) is 11.5 Å². The fraction of sp³-hybridized carbons (Fsp3) is 0.406. The van der Waals surface area contributed by atoms with E-state index in [1.54, 1.807) is 18.2 Å². The van der Waals surface area contributed by atoms with Crippen LogP contribution in [0.4, 0.5) is 0 Å². The first-order chi connectivity index (χ1) is 18.8. The van der Waals surface area contributed by atoms with Crippen molar-refractivity contribution in [2.24, 2.45) is 5.92 Å². The van der Waals surface area contributed by atoms with Gasteiger partial charge in [0, 0.05) is 18.4 Å². The van der Waals surface area contributed by atoms with E-state index in [0.717, 1.165) is 36.8 Å². The summed E-state index contributed by atoms with van der Waals surface area (Å²) in [4.78, 5) is 11.0. The molecule has 0 bridgehead atoms. The van der Waals surface area contributed by atoms with Crippen molar-refractivity contribution in [3.05, 3.63) is 90.0 Å². The molecule has 1 N–H and O–H groups in total. The maximum Gasteiger partial charge on any atom is 0.303 e. The summed E-state index contributed by atoms with van der Waals surface area (Å²) < 4.78 is 39.3. The van der Waals surface area contributed by atoms with Gasteiger partial charge in [-0.3, -0.25) is 4.79 Å². The van der Waals surface area contributed by atoms with Crippen LogP contribution in [0.3, 0.4) is 0 Å². The second-order valence-corrected chi connectivity index (χ2v) is 12.2. The number of rotatable bonds is 16. The molecule has 2 unspecified atom stereocenters. The molecule has 0 heterocycles. The lowest BCUT2D eigenvalue weighted by molar-refractivity contribution is -0.137. The normalized spacial score (nSPS) is 13.1. The molecule has 6 nitrogen and oxygen atoms in total. The Morgan fingerprint density at radius 3 is 1.90 bits per heavy atom. The Kier molecular flexibility index (Phi) is 11.4. The number of hydrogen-bond donors (Lipinski definition) is 1. The molecule has 0 aromatic heterocycles. The van der Waals surface area contributed by atoms with E-state index in [-0.39, 0.29) is 23.2 Å². The van der Waals surface area contributed by atoms with Gasteiger partial charge in [0.25, 0.3) is 0 Å². The molecule has 2 atom stereocenters. The lowest BCUT2D eigenvalue weighted by Crippen LogP contribution is -2.31. The minimum Gasteiger partial charge on any atom is -0.493 e. The molecule has 0 saturated heterocycles. The van der Waals surface area contributed by atoms with Crippen LogP contribution in [0, 0.1) is 5.92 Å². The summed E-state index contributed by atoms with van der Waals surface area (Å²) in [5.41, 5.74) is 2.16. The zero-order valence-corrected chi connectivity index (χ0v) is 23.9. The number of carbonyl (C=O) groups is 1. The van der Waals surface area contributed by atoms with Crippen molar-refractivity contribution >= 4 is 15.8 Å². The Bertz CT molecular complexity index is 1240. The largest absolute Gasteiger partial charge is 0.493 e. The van der Waals surface area contributed by atoms with Gasteiger partial charge in [-0.1, -0.05) is 86.8 Å². The SMILES string of the molecule is COc1ccc(S(=O)(=O)C(CC(c2ccccc2)c2ccccc2)C(C)CCCCCCC(=O)O)cc1OC. The molecule has 0 aliphatic carbocycles. The maximum absolute atomic E-state index is 14.3. The molecule has 3 rings (SSSR count). The molecule has 3 aromatic rings. The molecule has 0 radical (unpaired) electrons. The van der Waals surface area contributed by atoms with Gasteiger partial charge in [-0.05, 0) is 48.4 Å². The fourth-order valence-corrected chi connectivity index (χ4v) is 7.25. The Morgan fingerprint density at radius 2 is 1.36 bits per heavy atom. The van der Waals surface area contributed by atoms with E-state index in [1.807, 2.05) is 43.3 Å². The topological polar surface area (TPSA) is 89.9 Å². The van der Waals surface area contributed by atoms with Crippen molar-refractivity contribution in [1.82, 2.24) is 0 Å². The van der Waals surface area contributed by atoms with E-state index in [1.165, 1.54) is 14.2 Å². The highest BCUT2D eigenvalue weighted by molar-refractivity contribution is 7.92. The van der Waals surface area contributed by atoms with Crippen molar-refractivity contribution in [2.75, 3.05) is 14.2 Å². The van der Waals surface area contributed by atoms with Gasteiger partial charge in [-0.2, -0.15) is 0 Å². The van der Waals surface area contributed by atoms with E-state index >= 15 is 0 Å². The average Bonchev–Trinajstić information content (AvgIpc) is 2.95. The number of carboxylic acid groups (broad SMARTS) is 1. The molecular formula is C32H40O6S. The lowest BCUT2D eigenvalue weighted by Gasteiger charge is -2.29. The molecular weight excluding hydrogens is 512 g/mol. The van der Waals surface area contributed by atoms with Crippen molar-refractivity contribution in [3.8, 4) is 11.5 Å². The Hall–Kier alpha value is -3.32. The van der Waals surface area contributed by atoms with Gasteiger partial charge >= 0.3 is 5.97 Å². The minimum atomic E-state index is -3.74. The predicted octanol–water partition coefficient (Wildman–Crippen LogP) is 7.13. The summed E-state index contributed by atoms with van der Waals surface area (Å²) in [6.45, 7) is 2.02. The van der Waals surface area contributed by atoms with Crippen molar-refractivity contribution in [2.45, 2.75) is 67.9 Å². The number of carboxylic acids is 1. The van der Waals surface area contributed by atoms with E-state index in [2.05, 4.69) is 24.3 Å². The van der Waals surface area contributed by atoms with Crippen LogP contribution in [0.25, 0.3) is 0 Å². The van der Waals surface area contributed by atoms with E-state index < -0.39 is 21.1 Å². The summed E-state index contributed by atoms with van der Waals surface area (Å²) in [5.74, 6) is -0.125. The maximum atomic E-state index is 14.3. The molecule has 7 heteroatoms. The van der Waals surface area contributed by atoms with Crippen LogP contribution >= 0.6 is 0 Å². The lowest BCUT2D eigenvalue weighted by atomic mass is 9.84. The second kappa shape index (κ2) is 14.7. The zero-order valence-electron chi connectivity index (χ0n) is 23.1. The van der Waals surface area contributed by atoms with Gasteiger partial charge in [0.15, 0.2) is 21.3 Å². The highest BCUT2D eigenvalue weighted by Gasteiger charge is 2.35. The molecule has 0 spiro atoms. The molecule has 3 aromatic carbocycles. The molecule has 0 saturated carbocycles. The second-order valence-electron chi connectivity index (χ2n) is 10.0. The fourth-order valence-electron chi connectivity index (χ4n) is 5.18. The Balaban J connectivity index is 1.95. The number of aliphatic carboxylic acids is 1. The molecule has 0 amide bonds. The highest BCUT2D eigenvalue weighted by atomic mass is 32.2. The third-order valence-electron chi connectivity index (χ3n) is 7.39. The molecule has 0 fully saturated rings. The predicted molar refractivity (Wildman–Crippen MR) is 154 cm³/mol. The van der Waals surface area contributed by atoms with Crippen LogP contribution in [-0.2, 0) is 14.6 Å². The average molecular weight is 553 g/mol. The smallest absolute Gasteiger partial charge is 0.303 e. The van der Waals surface area contributed by atoms with Gasteiger partial charge in [-0.25, -0.2) is 8.42 Å². The standard InChI is InChI=1S/C32H40O6S/c1-24(14-8-4-5-13-19-32(33)34)31(39(35,36)27-20-21-29(37-2)30(22-27)38-3)23-28(25-15-9-6-10-16-25)26-17-11-7-12-18-26/h6-7,9-12,15-18,20-22,24,28,31H,4-5,8,13-14,19,23H2,1-3H3,(H,33,34). The Morgan fingerprint density at radius 1 is 0.795 bits per heavy atom. The summed E-state index contributed by atoms with van der Waals surface area (Å²) >= 11 is 0. The van der Waals surface area contributed by atoms with Crippen LogP contribution in [0.1, 0.15) is 68.9 Å². The van der Waals surface area contributed by atoms with Crippen LogP contribution in [0.15, 0.2) is 83.8 Å². The van der Waals surface area contributed by atoms with E-state index in [0.29, 0.717) is 24.3 Å². The first kappa shape index (κ1) is 30.2. The third kappa shape index (κ3) is 8.33. The summed E-state index contributed by atoms with van der Waals surface area (Å²) in [6, 6.07) is 24.9. The van der Waals surface area contributed by atoms with Gasteiger partial charge < -0.3 is 14.6 Å². The van der Waals surface area contributed by atoms with Crippen molar-refractivity contribution in [3.63, 3.8) is 0 Å². The number of ether oxygens (including phenoxy) is 2. The number of methoxy groups -OCH3 is 2. The Labute approximate surface area is 232 Å². The van der Waals surface area contributed by atoms with Gasteiger partial charge in [0.1, 0.15) is 0 Å². The van der Waals surface area contributed by atoms with Crippen LogP contribution in [-0.4, -0.2) is 39.0 Å². The third-order valence-corrected chi connectivity index (χ3v) is 9.75. The summed E-state index contributed by atoms with van der Waals surface area (Å²) in [5, 5.41) is 8.25. The number of unbranched alkanes of at least 4 members (excludes halogenated alkanes) is 3. The van der Waals surface area contributed by atoms with Gasteiger partial charge in [-0.15, -0.1) is 0 Å². The van der Waals surface area contributed by atoms with Crippen LogP contribution in [0.2, 0.25) is 0 Å². The summed E-state index contributed by atoms with van der Waals surface area (Å²) in [6.07, 6.45) is 4.53. The van der Waals surface area contributed by atoms with E-state index in [4.69, 9.17) is 14.6 Å². The molecule has 210 valence electrons. The monoisotopic (exact) mass is 552 g/mol. The zero-order chi connectivity index (χ0) is 28.3. The van der Waals surface area contributed by atoms with Crippen molar-refractivity contribution in [1.29, 1.82) is 0 Å². The molecule has 39 heavy (non-hydrogen) atoms. The van der Waals surface area contributed by atoms with E-state index in [9.17, 15) is 13.2 Å². The molecule has 0 aliphatic heterocycles. The number of sulfone groups is 1. The minimum absolute atomic E-state index is 0.0923. The molecule has 0 aliphatic rings. The highest BCUT2D eigenvalue weighted by Crippen LogP contribution is 2.38. The van der Waals surface area contributed by atoms with Crippen LogP contribution < -0.4 is 9.47 Å². The first-order valence-corrected chi connectivity index (χ1v) is 15.1. The van der Waals surface area contributed by atoms with Gasteiger partial charge in [0.05, 0.1) is 24.4 Å².